The Bertz CT molecular complexity index is 813. The van der Waals surface area contributed by atoms with Crippen LogP contribution in [0.1, 0.15) is 30.9 Å². The summed E-state index contributed by atoms with van der Waals surface area (Å²) in [6.07, 6.45) is 3.75. The molecule has 28 heavy (non-hydrogen) atoms. The van der Waals surface area contributed by atoms with Crippen molar-refractivity contribution in [3.05, 3.63) is 53.4 Å². The Morgan fingerprint density at radius 3 is 2.29 bits per heavy atom. The first-order valence-corrected chi connectivity index (χ1v) is 9.09. The minimum atomic E-state index is -0.372. The molecule has 0 atom stereocenters. The number of carbonyl (C=O) groups is 1. The molecule has 0 unspecified atom stereocenters. The number of halogens is 1. The zero-order chi connectivity index (χ0) is 20.5. The van der Waals surface area contributed by atoms with Crippen LogP contribution in [0.15, 0.2) is 36.4 Å². The Morgan fingerprint density at radius 2 is 1.71 bits per heavy atom. The summed E-state index contributed by atoms with van der Waals surface area (Å²) in [6, 6.07) is 7.73. The number of aliphatic hydroxyl groups is 2. The fraction of sp³-hybridized carbons (Fsp3) is 0.318. The van der Waals surface area contributed by atoms with Gasteiger partial charge in [-0.25, -0.2) is 4.39 Å². The molecule has 0 spiro atoms. The minimum Gasteiger partial charge on any atom is -0.487 e. The molecule has 2 aromatic carbocycles. The Hall–Kier alpha value is -2.70. The van der Waals surface area contributed by atoms with Gasteiger partial charge in [-0.2, -0.15) is 0 Å². The minimum absolute atomic E-state index is 0.0293. The van der Waals surface area contributed by atoms with E-state index in [0.29, 0.717) is 28.9 Å². The number of hydrogen-bond donors (Lipinski definition) is 2. The second-order valence-corrected chi connectivity index (χ2v) is 6.38. The number of carbonyl (C=O) groups excluding carboxylic acids is 1. The van der Waals surface area contributed by atoms with E-state index >= 15 is 0 Å². The van der Waals surface area contributed by atoms with E-state index in [4.69, 9.17) is 14.6 Å². The maximum Gasteiger partial charge on any atom is 0.169 e. The maximum atomic E-state index is 13.5. The normalized spacial score (nSPS) is 11.2. The number of rotatable bonds is 10. The third kappa shape index (κ3) is 5.18. The molecule has 2 aromatic rings. The lowest BCUT2D eigenvalue weighted by Crippen LogP contribution is -2.10. The van der Waals surface area contributed by atoms with Crippen LogP contribution >= 0.6 is 0 Å². The standard InChI is InChI=1S/C22H25FO5/c1-15(2)19-14-20(27-12-10-25)22(28-13-11-26)21(18(19)4-3-9-24)16-5-7-17(23)8-6-16/h3-9,14-15,25-26H,10-13H2,1-2H3. The first kappa shape index (κ1) is 21.6. The number of aliphatic hydroxyl groups excluding tert-OH is 2. The fourth-order valence-electron chi connectivity index (χ4n) is 2.92. The van der Waals surface area contributed by atoms with Gasteiger partial charge in [-0.05, 0) is 46.9 Å². The van der Waals surface area contributed by atoms with Crippen LogP contribution in [0.25, 0.3) is 17.2 Å². The van der Waals surface area contributed by atoms with Crippen LogP contribution in [-0.4, -0.2) is 42.9 Å². The Balaban J connectivity index is 2.84. The van der Waals surface area contributed by atoms with Crippen molar-refractivity contribution < 1.29 is 28.9 Å². The lowest BCUT2D eigenvalue weighted by Gasteiger charge is -2.23. The zero-order valence-electron chi connectivity index (χ0n) is 16.0. The highest BCUT2D eigenvalue weighted by Crippen LogP contribution is 2.45. The molecule has 0 saturated heterocycles. The van der Waals surface area contributed by atoms with Crippen LogP contribution in [0.4, 0.5) is 4.39 Å². The fourth-order valence-corrected chi connectivity index (χ4v) is 2.92. The second kappa shape index (κ2) is 10.6. The lowest BCUT2D eigenvalue weighted by atomic mass is 9.88. The molecule has 6 heteroatoms. The highest BCUT2D eigenvalue weighted by atomic mass is 19.1. The quantitative estimate of drug-likeness (QED) is 0.481. The molecule has 2 N–H and O–H groups in total. The van der Waals surface area contributed by atoms with Gasteiger partial charge >= 0.3 is 0 Å². The summed E-state index contributed by atoms with van der Waals surface area (Å²) in [7, 11) is 0. The highest BCUT2D eigenvalue weighted by Gasteiger charge is 2.22. The highest BCUT2D eigenvalue weighted by molar-refractivity contribution is 5.87. The van der Waals surface area contributed by atoms with Gasteiger partial charge in [0.2, 0.25) is 0 Å². The van der Waals surface area contributed by atoms with Crippen LogP contribution in [0, 0.1) is 5.82 Å². The predicted molar refractivity (Wildman–Crippen MR) is 106 cm³/mol. The summed E-state index contributed by atoms with van der Waals surface area (Å²) >= 11 is 0. The van der Waals surface area contributed by atoms with Gasteiger partial charge in [0.25, 0.3) is 0 Å². The first-order valence-electron chi connectivity index (χ1n) is 9.09. The molecule has 0 amide bonds. The lowest BCUT2D eigenvalue weighted by molar-refractivity contribution is -0.104. The summed E-state index contributed by atoms with van der Waals surface area (Å²) < 4.78 is 25.0. The van der Waals surface area contributed by atoms with Gasteiger partial charge < -0.3 is 19.7 Å². The van der Waals surface area contributed by atoms with Crippen LogP contribution in [-0.2, 0) is 4.79 Å². The third-order valence-electron chi connectivity index (χ3n) is 4.10. The number of aldehydes is 1. The van der Waals surface area contributed by atoms with E-state index in [0.717, 1.165) is 11.1 Å². The van der Waals surface area contributed by atoms with Crippen molar-refractivity contribution in [2.45, 2.75) is 19.8 Å². The average Bonchev–Trinajstić information content (AvgIpc) is 2.69. The van der Waals surface area contributed by atoms with Crippen molar-refractivity contribution in [1.29, 1.82) is 0 Å². The average molecular weight is 388 g/mol. The van der Waals surface area contributed by atoms with E-state index in [-0.39, 0.29) is 38.2 Å². The van der Waals surface area contributed by atoms with E-state index in [1.165, 1.54) is 18.2 Å². The zero-order valence-corrected chi connectivity index (χ0v) is 16.0. The molecule has 0 radical (unpaired) electrons. The van der Waals surface area contributed by atoms with Gasteiger partial charge in [-0.15, -0.1) is 0 Å². The van der Waals surface area contributed by atoms with Gasteiger partial charge in [0.15, 0.2) is 11.5 Å². The van der Waals surface area contributed by atoms with Crippen LogP contribution in [0.5, 0.6) is 11.5 Å². The first-order chi connectivity index (χ1) is 13.5. The van der Waals surface area contributed by atoms with Crippen molar-refractivity contribution in [2.75, 3.05) is 26.4 Å². The molecular weight excluding hydrogens is 363 g/mol. The van der Waals surface area contributed by atoms with Crippen molar-refractivity contribution in [1.82, 2.24) is 0 Å². The number of benzene rings is 2. The molecule has 0 aliphatic carbocycles. The van der Waals surface area contributed by atoms with Crippen molar-refractivity contribution in [2.24, 2.45) is 0 Å². The molecule has 150 valence electrons. The molecule has 0 bridgehead atoms. The topological polar surface area (TPSA) is 76.0 Å². The van der Waals surface area contributed by atoms with Gasteiger partial charge in [0.1, 0.15) is 25.3 Å². The smallest absolute Gasteiger partial charge is 0.169 e. The largest absolute Gasteiger partial charge is 0.487 e. The molecule has 0 heterocycles. The summed E-state index contributed by atoms with van der Waals surface area (Å²) in [5.74, 6) is 0.495. The molecule has 2 rings (SSSR count). The molecule has 0 aliphatic heterocycles. The number of allylic oxidation sites excluding steroid dienone is 1. The molecule has 5 nitrogen and oxygen atoms in total. The molecule has 0 aromatic heterocycles. The summed E-state index contributed by atoms with van der Waals surface area (Å²) in [4.78, 5) is 11.0. The predicted octanol–water partition coefficient (Wildman–Crippen LogP) is 3.57. The van der Waals surface area contributed by atoms with Crippen LogP contribution in [0.2, 0.25) is 0 Å². The van der Waals surface area contributed by atoms with Gasteiger partial charge in [0.05, 0.1) is 13.2 Å². The molecular formula is C22H25FO5. The van der Waals surface area contributed by atoms with E-state index in [2.05, 4.69) is 0 Å². The summed E-state index contributed by atoms with van der Waals surface area (Å²) in [5, 5.41) is 18.4. The van der Waals surface area contributed by atoms with Gasteiger partial charge in [-0.1, -0.05) is 32.1 Å². The summed E-state index contributed by atoms with van der Waals surface area (Å²) in [5.41, 5.74) is 2.96. The Kier molecular flexibility index (Phi) is 8.17. The van der Waals surface area contributed by atoms with Gasteiger partial charge in [-0.3, -0.25) is 4.79 Å². The van der Waals surface area contributed by atoms with Gasteiger partial charge in [0, 0.05) is 5.56 Å². The van der Waals surface area contributed by atoms with Crippen molar-refractivity contribution >= 4 is 12.4 Å². The van der Waals surface area contributed by atoms with E-state index in [1.807, 2.05) is 19.9 Å². The van der Waals surface area contributed by atoms with E-state index in [9.17, 15) is 14.3 Å². The van der Waals surface area contributed by atoms with Crippen LogP contribution < -0.4 is 9.47 Å². The molecule has 0 fully saturated rings. The monoisotopic (exact) mass is 388 g/mol. The van der Waals surface area contributed by atoms with Crippen molar-refractivity contribution in [3.8, 4) is 22.6 Å². The summed E-state index contributed by atoms with van der Waals surface area (Å²) in [6.45, 7) is 3.74. The molecule has 0 aliphatic rings. The number of hydrogen-bond acceptors (Lipinski definition) is 5. The Labute approximate surface area is 164 Å². The van der Waals surface area contributed by atoms with E-state index < -0.39 is 0 Å². The maximum absolute atomic E-state index is 13.5. The molecule has 0 saturated carbocycles. The van der Waals surface area contributed by atoms with Crippen molar-refractivity contribution in [3.63, 3.8) is 0 Å². The SMILES string of the molecule is CC(C)c1cc(OCCO)c(OCCO)c(-c2ccc(F)cc2)c1C=CC=O. The second-order valence-electron chi connectivity index (χ2n) is 6.38. The van der Waals surface area contributed by atoms with E-state index in [1.54, 1.807) is 18.2 Å². The Morgan fingerprint density at radius 1 is 1.07 bits per heavy atom. The third-order valence-corrected chi connectivity index (χ3v) is 4.10. The van der Waals surface area contributed by atoms with Crippen LogP contribution in [0.3, 0.4) is 0 Å². The number of ether oxygens (including phenoxy) is 2.